The Morgan fingerprint density at radius 1 is 1.11 bits per heavy atom. The molecule has 2 aliphatic rings. The van der Waals surface area contributed by atoms with Gasteiger partial charge in [-0.25, -0.2) is 22.5 Å². The van der Waals surface area contributed by atoms with Gasteiger partial charge in [0.15, 0.2) is 5.17 Å². The summed E-state index contributed by atoms with van der Waals surface area (Å²) in [6.07, 6.45) is -0.0668. The molecule has 0 heterocycles. The van der Waals surface area contributed by atoms with Crippen LogP contribution in [0.1, 0.15) is 12.8 Å². The number of thioether (sulfide) groups is 1. The minimum Gasteiger partial charge on any atom is -0.278 e. The zero-order valence-electron chi connectivity index (χ0n) is 9.75. The van der Waals surface area contributed by atoms with Gasteiger partial charge in [-0.1, -0.05) is 11.8 Å². The van der Waals surface area contributed by atoms with Gasteiger partial charge in [-0.15, -0.1) is 0 Å². The van der Waals surface area contributed by atoms with Crippen LogP contribution in [-0.2, 0) is 9.59 Å². The van der Waals surface area contributed by atoms with Crippen molar-refractivity contribution in [1.82, 2.24) is 4.90 Å². The monoisotopic (exact) mass is 298 g/mol. The van der Waals surface area contributed by atoms with E-state index in [0.717, 1.165) is 0 Å². The Hall–Kier alpha value is -1.12. The van der Waals surface area contributed by atoms with E-state index in [2.05, 4.69) is 0 Å². The number of imide groups is 1. The molecule has 4 nitrogen and oxygen atoms in total. The maximum absolute atomic E-state index is 12.8. The summed E-state index contributed by atoms with van der Waals surface area (Å²) in [5.41, 5.74) is 0. The van der Waals surface area contributed by atoms with Crippen molar-refractivity contribution in [2.75, 3.05) is 6.26 Å². The SMILES string of the molecule is CSC(=N)N(C(=O)C1CC1(F)F)C(=O)C1CC1(F)F. The molecule has 2 saturated carbocycles. The molecule has 2 atom stereocenters. The first-order valence-electron chi connectivity index (χ1n) is 5.38. The van der Waals surface area contributed by atoms with E-state index in [0.29, 0.717) is 11.8 Å². The van der Waals surface area contributed by atoms with Crippen molar-refractivity contribution in [3.8, 4) is 0 Å². The molecule has 0 aromatic carbocycles. The first-order valence-corrected chi connectivity index (χ1v) is 6.60. The highest BCUT2D eigenvalue weighted by Crippen LogP contribution is 2.52. The zero-order valence-corrected chi connectivity index (χ0v) is 10.6. The Balaban J connectivity index is 2.16. The first kappa shape index (κ1) is 14.3. The van der Waals surface area contributed by atoms with Gasteiger partial charge in [-0.3, -0.25) is 15.0 Å². The quantitative estimate of drug-likeness (QED) is 0.367. The molecule has 2 rings (SSSR count). The lowest BCUT2D eigenvalue weighted by Gasteiger charge is -2.19. The van der Waals surface area contributed by atoms with Gasteiger partial charge >= 0.3 is 0 Å². The van der Waals surface area contributed by atoms with Crippen molar-refractivity contribution in [2.45, 2.75) is 24.7 Å². The minimum absolute atomic E-state index is 0.168. The molecule has 0 aromatic heterocycles. The summed E-state index contributed by atoms with van der Waals surface area (Å²) < 4.78 is 51.3. The summed E-state index contributed by atoms with van der Waals surface area (Å²) in [6, 6.07) is 0. The maximum atomic E-state index is 12.8. The van der Waals surface area contributed by atoms with E-state index < -0.39 is 53.5 Å². The van der Waals surface area contributed by atoms with Crippen LogP contribution >= 0.6 is 11.8 Å². The normalized spacial score (nSPS) is 29.5. The summed E-state index contributed by atoms with van der Waals surface area (Å²) in [4.78, 5) is 23.6. The van der Waals surface area contributed by atoms with Crippen LogP contribution in [0.4, 0.5) is 17.6 Å². The van der Waals surface area contributed by atoms with Crippen molar-refractivity contribution in [3.05, 3.63) is 0 Å². The molecule has 2 aliphatic carbocycles. The highest BCUT2D eigenvalue weighted by molar-refractivity contribution is 8.13. The fourth-order valence-corrected chi connectivity index (χ4v) is 2.04. The van der Waals surface area contributed by atoms with Crippen molar-refractivity contribution in [2.24, 2.45) is 11.8 Å². The topological polar surface area (TPSA) is 61.2 Å². The van der Waals surface area contributed by atoms with Crippen LogP contribution in [0.15, 0.2) is 0 Å². The van der Waals surface area contributed by atoms with Gasteiger partial charge in [-0.05, 0) is 6.26 Å². The van der Waals surface area contributed by atoms with Crippen LogP contribution in [0, 0.1) is 17.2 Å². The van der Waals surface area contributed by atoms with Crippen LogP contribution in [-0.4, -0.2) is 40.0 Å². The van der Waals surface area contributed by atoms with Crippen molar-refractivity contribution in [3.63, 3.8) is 0 Å². The summed E-state index contributed by atoms with van der Waals surface area (Å²) in [6.45, 7) is 0. The van der Waals surface area contributed by atoms with E-state index in [1.807, 2.05) is 0 Å². The molecular formula is C10H10F4N2O2S. The number of hydrogen-bond acceptors (Lipinski definition) is 4. The number of amidine groups is 1. The zero-order chi connectivity index (χ0) is 14.6. The van der Waals surface area contributed by atoms with Gasteiger partial charge in [-0.2, -0.15) is 0 Å². The van der Waals surface area contributed by atoms with Crippen molar-refractivity contribution >= 4 is 28.7 Å². The van der Waals surface area contributed by atoms with E-state index in [9.17, 15) is 27.2 Å². The Morgan fingerprint density at radius 3 is 1.63 bits per heavy atom. The number of nitrogens with one attached hydrogen (secondary N) is 1. The first-order chi connectivity index (χ1) is 8.62. The van der Waals surface area contributed by atoms with Gasteiger partial charge in [0.2, 0.25) is 11.8 Å². The molecule has 106 valence electrons. The number of nitrogens with zero attached hydrogens (tertiary/aromatic N) is 1. The fraction of sp³-hybridized carbons (Fsp3) is 0.700. The molecule has 2 amide bonds. The second kappa shape index (κ2) is 4.19. The molecular weight excluding hydrogens is 288 g/mol. The highest BCUT2D eigenvalue weighted by Gasteiger charge is 2.67. The molecule has 2 unspecified atom stereocenters. The van der Waals surface area contributed by atoms with E-state index >= 15 is 0 Å². The van der Waals surface area contributed by atoms with Crippen LogP contribution in [0.25, 0.3) is 0 Å². The van der Waals surface area contributed by atoms with Crippen LogP contribution in [0.3, 0.4) is 0 Å². The Labute approximate surface area is 110 Å². The van der Waals surface area contributed by atoms with Gasteiger partial charge < -0.3 is 0 Å². The predicted molar refractivity (Wildman–Crippen MR) is 59.2 cm³/mol. The Morgan fingerprint density at radius 2 is 1.42 bits per heavy atom. The van der Waals surface area contributed by atoms with Gasteiger partial charge in [0.1, 0.15) is 11.8 Å². The van der Waals surface area contributed by atoms with E-state index in [4.69, 9.17) is 5.41 Å². The van der Waals surface area contributed by atoms with E-state index in [1.54, 1.807) is 0 Å². The lowest BCUT2D eigenvalue weighted by molar-refractivity contribution is -0.143. The van der Waals surface area contributed by atoms with E-state index in [1.165, 1.54) is 6.26 Å². The summed E-state index contributed by atoms with van der Waals surface area (Å²) in [7, 11) is 0. The second-order valence-corrected chi connectivity index (χ2v) is 5.35. The molecule has 0 radical (unpaired) electrons. The van der Waals surface area contributed by atoms with Gasteiger partial charge in [0, 0.05) is 12.8 Å². The third-order valence-corrected chi connectivity index (χ3v) is 3.65. The van der Waals surface area contributed by atoms with Gasteiger partial charge in [0.25, 0.3) is 11.8 Å². The lowest BCUT2D eigenvalue weighted by atomic mass is 10.3. The fourth-order valence-electron chi connectivity index (χ4n) is 1.67. The molecule has 0 bridgehead atoms. The third kappa shape index (κ3) is 2.47. The average Bonchev–Trinajstić information content (AvgIpc) is 3.14. The van der Waals surface area contributed by atoms with Crippen molar-refractivity contribution in [1.29, 1.82) is 5.41 Å². The van der Waals surface area contributed by atoms with Crippen LogP contribution in [0.5, 0.6) is 0 Å². The Bertz CT molecular complexity index is 434. The summed E-state index contributed by atoms with van der Waals surface area (Å²) in [5.74, 6) is -12.3. The number of hydrogen-bond donors (Lipinski definition) is 1. The summed E-state index contributed by atoms with van der Waals surface area (Å²) in [5, 5.41) is 6.80. The molecule has 0 saturated heterocycles. The second-order valence-electron chi connectivity index (χ2n) is 4.56. The third-order valence-electron chi connectivity index (χ3n) is 3.09. The molecule has 9 heteroatoms. The molecule has 0 aromatic rings. The predicted octanol–water partition coefficient (Wildman–Crippen LogP) is 1.95. The maximum Gasteiger partial charge on any atom is 0.260 e. The number of carbonyl (C=O) groups excluding carboxylic acids is 2. The Kier molecular flexibility index (Phi) is 3.15. The van der Waals surface area contributed by atoms with Crippen LogP contribution in [0.2, 0.25) is 0 Å². The summed E-state index contributed by atoms with van der Waals surface area (Å²) >= 11 is 0.658. The number of carbonyl (C=O) groups is 2. The van der Waals surface area contributed by atoms with E-state index in [-0.39, 0.29) is 4.90 Å². The van der Waals surface area contributed by atoms with Gasteiger partial charge in [0.05, 0.1) is 0 Å². The molecule has 1 N–H and O–H groups in total. The highest BCUT2D eigenvalue weighted by atomic mass is 32.2. The lowest BCUT2D eigenvalue weighted by Crippen LogP contribution is -2.43. The standard InChI is InChI=1S/C10H10F4N2O2S/c1-19-8(15)16(6(17)4-2-9(4,11)12)7(18)5-3-10(5,13)14/h4-5,15H,2-3H2,1H3. The average molecular weight is 298 g/mol. The molecule has 0 spiro atoms. The minimum atomic E-state index is -3.21. The number of rotatable bonds is 2. The number of amides is 2. The van der Waals surface area contributed by atoms with Crippen molar-refractivity contribution < 1.29 is 27.2 Å². The molecule has 19 heavy (non-hydrogen) atoms. The molecule has 0 aliphatic heterocycles. The van der Waals surface area contributed by atoms with Crippen LogP contribution < -0.4 is 0 Å². The smallest absolute Gasteiger partial charge is 0.260 e. The molecule has 2 fully saturated rings. The number of alkyl halides is 4. The largest absolute Gasteiger partial charge is 0.278 e. The number of halogens is 4.